The van der Waals surface area contributed by atoms with Crippen molar-refractivity contribution in [3.63, 3.8) is 0 Å². The third kappa shape index (κ3) is 4.41. The number of nitrogens with two attached hydrogens (primary N) is 1. The largest absolute Gasteiger partial charge is 0.494 e. The minimum Gasteiger partial charge on any atom is -0.494 e. The summed E-state index contributed by atoms with van der Waals surface area (Å²) in [6.45, 7) is 4.65. The van der Waals surface area contributed by atoms with Gasteiger partial charge in [-0.3, -0.25) is 4.57 Å². The molecule has 8 nitrogen and oxygen atoms in total. The van der Waals surface area contributed by atoms with E-state index in [1.807, 2.05) is 75.3 Å². The van der Waals surface area contributed by atoms with Gasteiger partial charge in [0.1, 0.15) is 11.6 Å². The molecule has 1 unspecified atom stereocenters. The molecule has 1 atom stereocenters. The summed E-state index contributed by atoms with van der Waals surface area (Å²) in [5.74, 6) is 2.21. The number of imidazole rings is 1. The Labute approximate surface area is 185 Å². The van der Waals surface area contributed by atoms with Crippen LogP contribution in [-0.4, -0.2) is 45.2 Å². The lowest BCUT2D eigenvalue weighted by Crippen LogP contribution is -2.16. The third-order valence-corrected chi connectivity index (χ3v) is 5.69. The maximum Gasteiger partial charge on any atom is 0.229 e. The molecule has 2 aromatic heterocycles. The summed E-state index contributed by atoms with van der Waals surface area (Å²) in [4.78, 5) is 19.8. The van der Waals surface area contributed by atoms with Crippen LogP contribution >= 0.6 is 11.8 Å². The number of anilines is 2. The molecule has 0 saturated heterocycles. The topological polar surface area (TPSA) is 95.0 Å². The van der Waals surface area contributed by atoms with Crippen molar-refractivity contribution in [1.29, 1.82) is 0 Å². The van der Waals surface area contributed by atoms with Crippen LogP contribution in [0.5, 0.6) is 5.75 Å². The number of rotatable bonds is 7. The fourth-order valence-electron chi connectivity index (χ4n) is 3.18. The second kappa shape index (κ2) is 8.81. The lowest BCUT2D eigenvalue weighted by atomic mass is 10.2. The van der Waals surface area contributed by atoms with E-state index in [1.54, 1.807) is 11.8 Å². The average Bonchev–Trinajstić information content (AvgIpc) is 3.12. The molecule has 4 aromatic rings. The van der Waals surface area contributed by atoms with Gasteiger partial charge < -0.3 is 15.4 Å². The SMILES string of the molecule is CCOc1ccc(-n2c(SC(C)c3nc(N)nc(N(C)C)n3)nc3ccccc32)cc1. The first-order chi connectivity index (χ1) is 15.0. The molecule has 0 fully saturated rings. The highest BCUT2D eigenvalue weighted by molar-refractivity contribution is 7.99. The molecule has 0 aliphatic carbocycles. The van der Waals surface area contributed by atoms with Gasteiger partial charge in [-0.05, 0) is 50.2 Å². The monoisotopic (exact) mass is 435 g/mol. The van der Waals surface area contributed by atoms with Crippen LogP contribution < -0.4 is 15.4 Å². The predicted octanol–water partition coefficient (Wildman–Crippen LogP) is 4.11. The number of fused-ring (bicyclic) bond motifs is 1. The summed E-state index contributed by atoms with van der Waals surface area (Å²) in [6.07, 6.45) is 0. The minimum absolute atomic E-state index is 0.0812. The first-order valence-electron chi connectivity index (χ1n) is 10.0. The molecule has 0 radical (unpaired) electrons. The Morgan fingerprint density at radius 3 is 2.48 bits per heavy atom. The Kier molecular flexibility index (Phi) is 5.94. The van der Waals surface area contributed by atoms with Crippen molar-refractivity contribution >= 4 is 34.7 Å². The van der Waals surface area contributed by atoms with E-state index in [-0.39, 0.29) is 11.2 Å². The zero-order chi connectivity index (χ0) is 22.0. The highest BCUT2D eigenvalue weighted by atomic mass is 32.2. The average molecular weight is 436 g/mol. The minimum atomic E-state index is -0.0812. The van der Waals surface area contributed by atoms with Crippen molar-refractivity contribution in [2.24, 2.45) is 0 Å². The standard InChI is InChI=1S/C22H25N7OS/c1-5-30-16-12-10-15(11-13-16)29-18-9-7-6-8-17(18)24-22(29)31-14(2)19-25-20(23)27-21(26-19)28(3)4/h6-14H,5H2,1-4H3,(H2,23,25,26,27). The second-order valence-electron chi connectivity index (χ2n) is 7.15. The number of benzene rings is 2. The van der Waals surface area contributed by atoms with Gasteiger partial charge in [0, 0.05) is 19.8 Å². The normalized spacial score (nSPS) is 12.1. The number of hydrogen-bond acceptors (Lipinski definition) is 8. The molecule has 2 heterocycles. The molecule has 0 bridgehead atoms. The van der Waals surface area contributed by atoms with E-state index < -0.39 is 0 Å². The summed E-state index contributed by atoms with van der Waals surface area (Å²) >= 11 is 1.58. The summed E-state index contributed by atoms with van der Waals surface area (Å²) in [7, 11) is 3.75. The maximum absolute atomic E-state index is 5.92. The molecule has 2 N–H and O–H groups in total. The number of aromatic nitrogens is 5. The van der Waals surface area contributed by atoms with Crippen LogP contribution in [0.4, 0.5) is 11.9 Å². The van der Waals surface area contributed by atoms with Crippen molar-refractivity contribution in [3.8, 4) is 11.4 Å². The van der Waals surface area contributed by atoms with Crippen molar-refractivity contribution in [3.05, 3.63) is 54.4 Å². The summed E-state index contributed by atoms with van der Waals surface area (Å²) in [5, 5.41) is 0.769. The van der Waals surface area contributed by atoms with E-state index in [9.17, 15) is 0 Å². The number of hydrogen-bond donors (Lipinski definition) is 1. The van der Waals surface area contributed by atoms with Crippen LogP contribution in [0, 0.1) is 0 Å². The van der Waals surface area contributed by atoms with E-state index >= 15 is 0 Å². The summed E-state index contributed by atoms with van der Waals surface area (Å²) in [5.41, 5.74) is 8.89. The van der Waals surface area contributed by atoms with Gasteiger partial charge in [0.25, 0.3) is 0 Å². The van der Waals surface area contributed by atoms with E-state index in [2.05, 4.69) is 25.6 Å². The summed E-state index contributed by atoms with van der Waals surface area (Å²) in [6, 6.07) is 16.1. The zero-order valence-corrected chi connectivity index (χ0v) is 18.8. The van der Waals surface area contributed by atoms with Crippen molar-refractivity contribution in [1.82, 2.24) is 24.5 Å². The van der Waals surface area contributed by atoms with Crippen LogP contribution in [0.15, 0.2) is 53.7 Å². The number of thioether (sulfide) groups is 1. The molecule has 9 heteroatoms. The number of nitrogens with zero attached hydrogens (tertiary/aromatic N) is 6. The molecule has 4 rings (SSSR count). The van der Waals surface area contributed by atoms with Crippen LogP contribution in [0.1, 0.15) is 24.9 Å². The molecule has 0 saturated carbocycles. The Hall–Kier alpha value is -3.33. The van der Waals surface area contributed by atoms with Crippen LogP contribution in [0.2, 0.25) is 0 Å². The quantitative estimate of drug-likeness (QED) is 0.433. The van der Waals surface area contributed by atoms with Crippen molar-refractivity contribution in [2.45, 2.75) is 24.3 Å². The van der Waals surface area contributed by atoms with E-state index in [0.717, 1.165) is 27.6 Å². The first-order valence-corrected chi connectivity index (χ1v) is 10.9. The molecular weight excluding hydrogens is 410 g/mol. The molecule has 0 aliphatic rings. The van der Waals surface area contributed by atoms with Crippen LogP contribution in [0.25, 0.3) is 16.7 Å². The smallest absolute Gasteiger partial charge is 0.229 e. The van der Waals surface area contributed by atoms with E-state index in [4.69, 9.17) is 15.5 Å². The van der Waals surface area contributed by atoms with Gasteiger partial charge >= 0.3 is 0 Å². The second-order valence-corrected chi connectivity index (χ2v) is 8.46. The van der Waals surface area contributed by atoms with Gasteiger partial charge in [-0.15, -0.1) is 0 Å². The number of nitrogen functional groups attached to an aromatic ring is 1. The van der Waals surface area contributed by atoms with Crippen LogP contribution in [-0.2, 0) is 0 Å². The molecule has 0 aliphatic heterocycles. The highest BCUT2D eigenvalue weighted by Crippen LogP contribution is 2.37. The number of para-hydroxylation sites is 2. The molecular formula is C22H25N7OS. The Morgan fingerprint density at radius 1 is 1.03 bits per heavy atom. The lowest BCUT2D eigenvalue weighted by Gasteiger charge is -2.15. The first kappa shape index (κ1) is 20.9. The van der Waals surface area contributed by atoms with E-state index in [0.29, 0.717) is 18.4 Å². The van der Waals surface area contributed by atoms with Gasteiger partial charge in [0.2, 0.25) is 11.9 Å². The predicted molar refractivity (Wildman–Crippen MR) is 125 cm³/mol. The van der Waals surface area contributed by atoms with Crippen molar-refractivity contribution in [2.75, 3.05) is 31.3 Å². The van der Waals surface area contributed by atoms with Gasteiger partial charge in [-0.1, -0.05) is 23.9 Å². The Balaban J connectivity index is 1.73. The van der Waals surface area contributed by atoms with Gasteiger partial charge in [0.15, 0.2) is 5.16 Å². The summed E-state index contributed by atoms with van der Waals surface area (Å²) < 4.78 is 7.73. The lowest BCUT2D eigenvalue weighted by molar-refractivity contribution is 0.340. The molecule has 160 valence electrons. The van der Waals surface area contributed by atoms with Gasteiger partial charge in [-0.2, -0.15) is 15.0 Å². The molecule has 0 amide bonds. The maximum atomic E-state index is 5.92. The fourth-order valence-corrected chi connectivity index (χ4v) is 4.17. The van der Waals surface area contributed by atoms with Crippen molar-refractivity contribution < 1.29 is 4.74 Å². The molecule has 31 heavy (non-hydrogen) atoms. The highest BCUT2D eigenvalue weighted by Gasteiger charge is 2.20. The zero-order valence-electron chi connectivity index (χ0n) is 18.0. The van der Waals surface area contributed by atoms with Gasteiger partial charge in [-0.25, -0.2) is 4.98 Å². The Morgan fingerprint density at radius 2 is 1.77 bits per heavy atom. The van der Waals surface area contributed by atoms with Gasteiger partial charge in [0.05, 0.1) is 22.9 Å². The molecule has 2 aromatic carbocycles. The third-order valence-electron chi connectivity index (χ3n) is 4.64. The molecule has 0 spiro atoms. The Bertz CT molecular complexity index is 1190. The number of ether oxygens (including phenoxy) is 1. The fraction of sp³-hybridized carbons (Fsp3) is 0.273. The van der Waals surface area contributed by atoms with Crippen LogP contribution in [0.3, 0.4) is 0 Å². The van der Waals surface area contributed by atoms with E-state index in [1.165, 1.54) is 0 Å².